The maximum absolute atomic E-state index is 9.09. The summed E-state index contributed by atoms with van der Waals surface area (Å²) >= 11 is 0. The SMILES string of the molecule is C[C@@H](O)C1OC[C@H](O)[C@H]1O. The Hall–Kier alpha value is -0.160. The van der Waals surface area contributed by atoms with Crippen LogP contribution in [0.2, 0.25) is 0 Å². The molecule has 0 spiro atoms. The van der Waals surface area contributed by atoms with E-state index in [1.165, 1.54) is 6.92 Å². The minimum atomic E-state index is -0.944. The third-order valence-electron chi connectivity index (χ3n) is 1.67. The van der Waals surface area contributed by atoms with Crippen molar-refractivity contribution < 1.29 is 20.1 Å². The Balaban J connectivity index is 2.49. The molecule has 0 radical (unpaired) electrons. The third kappa shape index (κ3) is 1.29. The molecule has 4 nitrogen and oxygen atoms in total. The first-order chi connectivity index (χ1) is 4.63. The summed E-state index contributed by atoms with van der Waals surface area (Å²) in [7, 11) is 0. The highest BCUT2D eigenvalue weighted by Crippen LogP contribution is 2.16. The van der Waals surface area contributed by atoms with Crippen LogP contribution in [0.1, 0.15) is 6.92 Å². The zero-order chi connectivity index (χ0) is 7.72. The van der Waals surface area contributed by atoms with Gasteiger partial charge in [-0.1, -0.05) is 0 Å². The summed E-state index contributed by atoms with van der Waals surface area (Å²) in [6, 6.07) is 0. The lowest BCUT2D eigenvalue weighted by Crippen LogP contribution is -2.36. The van der Waals surface area contributed by atoms with Crippen molar-refractivity contribution in [3.63, 3.8) is 0 Å². The molecule has 1 unspecified atom stereocenters. The minimum Gasteiger partial charge on any atom is -0.391 e. The smallest absolute Gasteiger partial charge is 0.112 e. The van der Waals surface area contributed by atoms with E-state index in [9.17, 15) is 0 Å². The van der Waals surface area contributed by atoms with E-state index in [1.54, 1.807) is 0 Å². The van der Waals surface area contributed by atoms with Crippen LogP contribution in [0.5, 0.6) is 0 Å². The van der Waals surface area contributed by atoms with Crippen molar-refractivity contribution >= 4 is 0 Å². The lowest BCUT2D eigenvalue weighted by molar-refractivity contribution is -0.0429. The molecule has 0 aromatic heterocycles. The molecule has 4 heteroatoms. The number of ether oxygens (including phenoxy) is 1. The molecule has 0 saturated carbocycles. The van der Waals surface area contributed by atoms with Crippen LogP contribution in [0.15, 0.2) is 0 Å². The van der Waals surface area contributed by atoms with Crippen LogP contribution in [-0.2, 0) is 4.74 Å². The molecule has 1 heterocycles. The Morgan fingerprint density at radius 1 is 1.50 bits per heavy atom. The Labute approximate surface area is 59.1 Å². The van der Waals surface area contributed by atoms with E-state index >= 15 is 0 Å². The Bertz CT molecular complexity index is 114. The maximum atomic E-state index is 9.09. The van der Waals surface area contributed by atoms with Crippen molar-refractivity contribution in [1.29, 1.82) is 0 Å². The topological polar surface area (TPSA) is 69.9 Å². The van der Waals surface area contributed by atoms with Gasteiger partial charge in [-0.25, -0.2) is 0 Å². The molecule has 3 N–H and O–H groups in total. The second kappa shape index (κ2) is 2.84. The molecule has 0 amide bonds. The fraction of sp³-hybridized carbons (Fsp3) is 1.00. The molecule has 1 aliphatic rings. The fourth-order valence-electron chi connectivity index (χ4n) is 1.05. The Morgan fingerprint density at radius 3 is 2.30 bits per heavy atom. The number of aliphatic hydroxyl groups excluding tert-OH is 3. The van der Waals surface area contributed by atoms with Gasteiger partial charge in [-0.2, -0.15) is 0 Å². The van der Waals surface area contributed by atoms with E-state index in [2.05, 4.69) is 0 Å². The van der Waals surface area contributed by atoms with Crippen molar-refractivity contribution in [3.05, 3.63) is 0 Å². The van der Waals surface area contributed by atoms with Crippen LogP contribution in [0.4, 0.5) is 0 Å². The fourth-order valence-corrected chi connectivity index (χ4v) is 1.05. The lowest BCUT2D eigenvalue weighted by atomic mass is 10.1. The predicted octanol–water partition coefficient (Wildman–Crippen LogP) is -1.51. The van der Waals surface area contributed by atoms with Gasteiger partial charge in [-0.15, -0.1) is 0 Å². The first-order valence-electron chi connectivity index (χ1n) is 3.28. The molecule has 10 heavy (non-hydrogen) atoms. The van der Waals surface area contributed by atoms with Gasteiger partial charge in [0, 0.05) is 0 Å². The number of hydrogen-bond acceptors (Lipinski definition) is 4. The average Bonchev–Trinajstić information content (AvgIpc) is 2.14. The van der Waals surface area contributed by atoms with Gasteiger partial charge < -0.3 is 20.1 Å². The molecule has 4 atom stereocenters. The average molecular weight is 148 g/mol. The van der Waals surface area contributed by atoms with Crippen LogP contribution in [-0.4, -0.2) is 46.3 Å². The summed E-state index contributed by atoms with van der Waals surface area (Å²) in [6.45, 7) is 1.63. The second-order valence-corrected chi connectivity index (χ2v) is 2.60. The van der Waals surface area contributed by atoms with Crippen molar-refractivity contribution in [2.24, 2.45) is 0 Å². The Morgan fingerprint density at radius 2 is 2.10 bits per heavy atom. The molecular formula is C6H12O4. The molecule has 1 fully saturated rings. The van der Waals surface area contributed by atoms with Gasteiger partial charge in [-0.05, 0) is 6.92 Å². The van der Waals surface area contributed by atoms with Crippen LogP contribution in [0, 0.1) is 0 Å². The quantitative estimate of drug-likeness (QED) is 0.422. The van der Waals surface area contributed by atoms with E-state index in [1.807, 2.05) is 0 Å². The highest BCUT2D eigenvalue weighted by molar-refractivity contribution is 4.85. The standard InChI is InChI=1S/C6H12O4/c1-3(7)6-5(9)4(8)2-10-6/h3-9H,2H2,1H3/t3-,4+,5-,6?/m1/s1. The zero-order valence-corrected chi connectivity index (χ0v) is 5.77. The van der Waals surface area contributed by atoms with Crippen molar-refractivity contribution in [2.75, 3.05) is 6.61 Å². The van der Waals surface area contributed by atoms with E-state index in [0.717, 1.165) is 0 Å². The van der Waals surface area contributed by atoms with Crippen LogP contribution < -0.4 is 0 Å². The van der Waals surface area contributed by atoms with Crippen LogP contribution >= 0.6 is 0 Å². The normalized spacial score (nSPS) is 43.8. The Kier molecular flexibility index (Phi) is 2.25. The zero-order valence-electron chi connectivity index (χ0n) is 5.77. The van der Waals surface area contributed by atoms with Crippen molar-refractivity contribution in [1.82, 2.24) is 0 Å². The van der Waals surface area contributed by atoms with Crippen LogP contribution in [0.3, 0.4) is 0 Å². The largest absolute Gasteiger partial charge is 0.391 e. The summed E-state index contributed by atoms with van der Waals surface area (Å²) in [4.78, 5) is 0. The molecular weight excluding hydrogens is 136 g/mol. The molecule has 0 aromatic carbocycles. The van der Waals surface area contributed by atoms with E-state index < -0.39 is 24.4 Å². The summed E-state index contributed by atoms with van der Waals surface area (Å²) in [5, 5.41) is 27.0. The van der Waals surface area contributed by atoms with E-state index in [4.69, 9.17) is 20.1 Å². The van der Waals surface area contributed by atoms with Gasteiger partial charge in [0.2, 0.25) is 0 Å². The van der Waals surface area contributed by atoms with Crippen LogP contribution in [0.25, 0.3) is 0 Å². The van der Waals surface area contributed by atoms with Gasteiger partial charge in [0.05, 0.1) is 12.7 Å². The molecule has 1 aliphatic heterocycles. The highest BCUT2D eigenvalue weighted by atomic mass is 16.5. The lowest BCUT2D eigenvalue weighted by Gasteiger charge is -2.16. The van der Waals surface area contributed by atoms with Gasteiger partial charge in [0.1, 0.15) is 18.3 Å². The van der Waals surface area contributed by atoms with Crippen molar-refractivity contribution in [3.8, 4) is 0 Å². The first-order valence-corrected chi connectivity index (χ1v) is 3.28. The summed E-state index contributed by atoms with van der Waals surface area (Å²) < 4.78 is 4.89. The molecule has 1 saturated heterocycles. The molecule has 1 rings (SSSR count). The molecule has 60 valence electrons. The summed E-state index contributed by atoms with van der Waals surface area (Å²) in [5.41, 5.74) is 0. The van der Waals surface area contributed by atoms with E-state index in [-0.39, 0.29) is 6.61 Å². The van der Waals surface area contributed by atoms with Gasteiger partial charge in [0.15, 0.2) is 0 Å². The first kappa shape index (κ1) is 7.94. The second-order valence-electron chi connectivity index (χ2n) is 2.60. The summed E-state index contributed by atoms with van der Waals surface area (Å²) in [6.07, 6.45) is -3.15. The van der Waals surface area contributed by atoms with E-state index in [0.29, 0.717) is 0 Å². The van der Waals surface area contributed by atoms with Gasteiger partial charge >= 0.3 is 0 Å². The predicted molar refractivity (Wildman–Crippen MR) is 33.4 cm³/mol. The van der Waals surface area contributed by atoms with Crippen molar-refractivity contribution in [2.45, 2.75) is 31.3 Å². The number of aliphatic hydroxyl groups is 3. The maximum Gasteiger partial charge on any atom is 0.112 e. The highest BCUT2D eigenvalue weighted by Gasteiger charge is 2.37. The number of rotatable bonds is 1. The molecule has 0 aliphatic carbocycles. The monoisotopic (exact) mass is 148 g/mol. The van der Waals surface area contributed by atoms with Gasteiger partial charge in [-0.3, -0.25) is 0 Å². The molecule has 0 bridgehead atoms. The summed E-state index contributed by atoms with van der Waals surface area (Å²) in [5.74, 6) is 0. The van der Waals surface area contributed by atoms with Gasteiger partial charge in [0.25, 0.3) is 0 Å². The third-order valence-corrected chi connectivity index (χ3v) is 1.67. The number of hydrogen-bond donors (Lipinski definition) is 3. The minimum absolute atomic E-state index is 0.108. The molecule has 0 aromatic rings.